The van der Waals surface area contributed by atoms with E-state index in [1.165, 1.54) is 0 Å². The number of carbonyl (C=O) groups is 2. The molecule has 24 heavy (non-hydrogen) atoms. The predicted octanol–water partition coefficient (Wildman–Crippen LogP) is 1.53. The van der Waals surface area contributed by atoms with Gasteiger partial charge in [0.2, 0.25) is 0 Å². The Morgan fingerprint density at radius 1 is 1.50 bits per heavy atom. The monoisotopic (exact) mass is 358 g/mol. The Hall–Kier alpha value is -2.00. The van der Waals surface area contributed by atoms with Crippen LogP contribution in [0.3, 0.4) is 0 Å². The van der Waals surface area contributed by atoms with Crippen LogP contribution in [0.1, 0.15) is 30.4 Å². The number of alkyl carbamates (subject to hydrolysis) is 1. The molecule has 0 fully saturated rings. The van der Waals surface area contributed by atoms with Crippen LogP contribution in [0, 0.1) is 0 Å². The number of aliphatic hydroxyl groups is 1. The van der Waals surface area contributed by atoms with Crippen molar-refractivity contribution in [2.45, 2.75) is 32.4 Å². The summed E-state index contributed by atoms with van der Waals surface area (Å²) in [5.41, 5.74) is -0.150. The van der Waals surface area contributed by atoms with Gasteiger partial charge in [0.25, 0.3) is 0 Å². The van der Waals surface area contributed by atoms with Crippen LogP contribution >= 0.6 is 11.3 Å². The number of anilines is 1. The molecule has 1 aromatic rings. The standard InChI is InChI=1S/C15H22N2O6S/c1-15(2,3)23-14(21)16-9(7-18)6-17-4-5-22-10-8-24-12(11(10)17)13(19)20/h8-9,18H,4-7H2,1-3H3,(H,16,21)(H,19,20)/t9-/m0/s1. The number of hydrogen-bond acceptors (Lipinski definition) is 7. The fourth-order valence-corrected chi connectivity index (χ4v) is 3.19. The maximum atomic E-state index is 11.9. The first-order chi connectivity index (χ1) is 11.2. The molecule has 134 valence electrons. The maximum absolute atomic E-state index is 11.9. The smallest absolute Gasteiger partial charge is 0.408 e. The lowest BCUT2D eigenvalue weighted by Crippen LogP contribution is -2.49. The minimum atomic E-state index is -1.03. The van der Waals surface area contributed by atoms with E-state index < -0.39 is 23.7 Å². The number of carboxylic acids is 1. The first-order valence-electron chi connectivity index (χ1n) is 7.54. The number of thiophene rings is 1. The third-order valence-electron chi connectivity index (χ3n) is 3.24. The summed E-state index contributed by atoms with van der Waals surface area (Å²) in [4.78, 5) is 25.2. The van der Waals surface area contributed by atoms with E-state index in [2.05, 4.69) is 5.32 Å². The van der Waals surface area contributed by atoms with E-state index in [1.54, 1.807) is 31.1 Å². The second kappa shape index (κ2) is 7.27. The summed E-state index contributed by atoms with van der Waals surface area (Å²) in [5.74, 6) is -0.519. The molecule has 3 N–H and O–H groups in total. The SMILES string of the molecule is CC(C)(C)OC(=O)N[C@H](CO)CN1CCOc2csc(C(=O)O)c21. The molecule has 0 aliphatic carbocycles. The number of rotatable bonds is 5. The highest BCUT2D eigenvalue weighted by Crippen LogP contribution is 2.40. The van der Waals surface area contributed by atoms with Crippen LogP contribution in [0.15, 0.2) is 5.38 Å². The van der Waals surface area contributed by atoms with Crippen molar-refractivity contribution < 1.29 is 29.3 Å². The van der Waals surface area contributed by atoms with Gasteiger partial charge in [0.05, 0.1) is 19.2 Å². The zero-order chi connectivity index (χ0) is 17.9. The fraction of sp³-hybridized carbons (Fsp3) is 0.600. The second-order valence-corrected chi connectivity index (χ2v) is 7.28. The molecule has 0 radical (unpaired) electrons. The van der Waals surface area contributed by atoms with Crippen molar-refractivity contribution in [3.05, 3.63) is 10.3 Å². The number of ether oxygens (including phenoxy) is 2. The number of amides is 1. The van der Waals surface area contributed by atoms with E-state index in [4.69, 9.17) is 9.47 Å². The van der Waals surface area contributed by atoms with Gasteiger partial charge in [0, 0.05) is 11.9 Å². The lowest BCUT2D eigenvalue weighted by atomic mass is 10.2. The zero-order valence-corrected chi connectivity index (χ0v) is 14.7. The molecular weight excluding hydrogens is 336 g/mol. The lowest BCUT2D eigenvalue weighted by molar-refractivity contribution is 0.0484. The molecule has 1 aliphatic rings. The highest BCUT2D eigenvalue weighted by molar-refractivity contribution is 7.13. The van der Waals surface area contributed by atoms with Crippen molar-refractivity contribution in [1.82, 2.24) is 5.32 Å². The van der Waals surface area contributed by atoms with Gasteiger partial charge < -0.3 is 29.9 Å². The molecule has 0 aromatic carbocycles. The number of fused-ring (bicyclic) bond motifs is 1. The normalized spacial score (nSPS) is 15.2. The summed E-state index contributed by atoms with van der Waals surface area (Å²) in [7, 11) is 0. The van der Waals surface area contributed by atoms with Gasteiger partial charge >= 0.3 is 12.1 Å². The van der Waals surface area contributed by atoms with Crippen LogP contribution in [0.5, 0.6) is 5.75 Å². The van der Waals surface area contributed by atoms with Crippen molar-refractivity contribution in [2.75, 3.05) is 31.2 Å². The molecular formula is C15H22N2O6S. The topological polar surface area (TPSA) is 108 Å². The Kier molecular flexibility index (Phi) is 5.55. The van der Waals surface area contributed by atoms with Crippen LogP contribution in [-0.2, 0) is 4.74 Å². The van der Waals surface area contributed by atoms with E-state index in [-0.39, 0.29) is 18.0 Å². The summed E-state index contributed by atoms with van der Waals surface area (Å²) in [5, 5.41) is 23.1. The molecule has 0 saturated heterocycles. The van der Waals surface area contributed by atoms with Gasteiger partial charge in [0.15, 0.2) is 5.75 Å². The Labute approximate surface area is 144 Å². The molecule has 1 aromatic heterocycles. The van der Waals surface area contributed by atoms with Crippen LogP contribution in [0.25, 0.3) is 0 Å². The number of nitrogens with one attached hydrogen (secondary N) is 1. The van der Waals surface area contributed by atoms with Crippen LogP contribution < -0.4 is 15.0 Å². The number of aliphatic hydroxyl groups excluding tert-OH is 1. The maximum Gasteiger partial charge on any atom is 0.408 e. The number of nitrogens with zero attached hydrogens (tertiary/aromatic N) is 1. The first kappa shape index (κ1) is 18.3. The van der Waals surface area contributed by atoms with Crippen molar-refractivity contribution in [1.29, 1.82) is 0 Å². The summed E-state index contributed by atoms with van der Waals surface area (Å²) < 4.78 is 10.7. The number of aromatic carboxylic acids is 1. The minimum Gasteiger partial charge on any atom is -0.489 e. The summed E-state index contributed by atoms with van der Waals surface area (Å²) in [6.45, 7) is 6.09. The van der Waals surface area contributed by atoms with Crippen molar-refractivity contribution >= 4 is 29.1 Å². The number of carbonyl (C=O) groups excluding carboxylic acids is 1. The Morgan fingerprint density at radius 2 is 2.21 bits per heavy atom. The highest BCUT2D eigenvalue weighted by atomic mass is 32.1. The van der Waals surface area contributed by atoms with Gasteiger partial charge in [-0.15, -0.1) is 11.3 Å². The van der Waals surface area contributed by atoms with Gasteiger partial charge in [-0.05, 0) is 20.8 Å². The van der Waals surface area contributed by atoms with Gasteiger partial charge in [-0.1, -0.05) is 0 Å². The molecule has 1 amide bonds. The molecule has 1 atom stereocenters. The average Bonchev–Trinajstić information content (AvgIpc) is 2.89. The molecule has 2 heterocycles. The van der Waals surface area contributed by atoms with E-state index in [0.717, 1.165) is 11.3 Å². The Bertz CT molecular complexity index is 610. The molecule has 2 rings (SSSR count). The van der Waals surface area contributed by atoms with Crippen molar-refractivity contribution in [3.63, 3.8) is 0 Å². The van der Waals surface area contributed by atoms with Gasteiger partial charge in [0.1, 0.15) is 22.8 Å². The largest absolute Gasteiger partial charge is 0.489 e. The quantitative estimate of drug-likeness (QED) is 0.732. The molecule has 1 aliphatic heterocycles. The minimum absolute atomic E-state index is 0.179. The van der Waals surface area contributed by atoms with E-state index in [9.17, 15) is 19.8 Å². The summed E-state index contributed by atoms with van der Waals surface area (Å²) in [6.07, 6.45) is -0.626. The molecule has 0 bridgehead atoms. The second-order valence-electron chi connectivity index (χ2n) is 6.40. The van der Waals surface area contributed by atoms with Crippen LogP contribution in [0.2, 0.25) is 0 Å². The van der Waals surface area contributed by atoms with Crippen molar-refractivity contribution in [3.8, 4) is 5.75 Å². The Morgan fingerprint density at radius 3 is 2.79 bits per heavy atom. The van der Waals surface area contributed by atoms with Gasteiger partial charge in [-0.3, -0.25) is 0 Å². The van der Waals surface area contributed by atoms with Gasteiger partial charge in [-0.2, -0.15) is 0 Å². The summed E-state index contributed by atoms with van der Waals surface area (Å²) in [6, 6.07) is -0.590. The van der Waals surface area contributed by atoms with E-state index in [1.807, 2.05) is 0 Å². The average molecular weight is 358 g/mol. The first-order valence-corrected chi connectivity index (χ1v) is 8.42. The molecule has 0 spiro atoms. The molecule has 9 heteroatoms. The van der Waals surface area contributed by atoms with Gasteiger partial charge in [-0.25, -0.2) is 9.59 Å². The molecule has 0 saturated carbocycles. The van der Waals surface area contributed by atoms with Crippen LogP contribution in [-0.4, -0.2) is 60.2 Å². The summed E-state index contributed by atoms with van der Waals surface area (Å²) >= 11 is 1.09. The lowest BCUT2D eigenvalue weighted by Gasteiger charge is -2.33. The third kappa shape index (κ3) is 4.51. The molecule has 0 unspecified atom stereocenters. The van der Waals surface area contributed by atoms with Crippen LogP contribution in [0.4, 0.5) is 10.5 Å². The van der Waals surface area contributed by atoms with E-state index in [0.29, 0.717) is 24.6 Å². The predicted molar refractivity (Wildman–Crippen MR) is 89.2 cm³/mol. The Balaban J connectivity index is 2.09. The number of carboxylic acid groups (broad SMARTS) is 1. The number of hydrogen-bond donors (Lipinski definition) is 3. The third-order valence-corrected chi connectivity index (χ3v) is 4.18. The van der Waals surface area contributed by atoms with E-state index >= 15 is 0 Å². The fourth-order valence-electron chi connectivity index (χ4n) is 2.34. The van der Waals surface area contributed by atoms with Crippen molar-refractivity contribution in [2.24, 2.45) is 0 Å². The zero-order valence-electron chi connectivity index (χ0n) is 13.9. The molecule has 8 nitrogen and oxygen atoms in total. The highest BCUT2D eigenvalue weighted by Gasteiger charge is 2.29.